The summed E-state index contributed by atoms with van der Waals surface area (Å²) >= 11 is 0. The number of ether oxygens (including phenoxy) is 1. The van der Waals surface area contributed by atoms with Crippen LogP contribution < -0.4 is 5.32 Å². The number of carbonyl (C=O) groups is 1. The Kier molecular flexibility index (Phi) is 6.36. The van der Waals surface area contributed by atoms with Crippen LogP contribution in [0.4, 0.5) is 5.69 Å². The third kappa shape index (κ3) is 5.38. The molecule has 2 heterocycles. The number of anilines is 1. The third-order valence-corrected chi connectivity index (χ3v) is 4.54. The fourth-order valence-electron chi connectivity index (χ4n) is 3.45. The van der Waals surface area contributed by atoms with Gasteiger partial charge in [0.1, 0.15) is 0 Å². The zero-order valence-corrected chi connectivity index (χ0v) is 15.5. The largest absolute Gasteiger partial charge is 0.373 e. The van der Waals surface area contributed by atoms with Crippen molar-refractivity contribution in [2.75, 3.05) is 18.4 Å². The van der Waals surface area contributed by atoms with Gasteiger partial charge >= 0.3 is 0 Å². The van der Waals surface area contributed by atoms with Gasteiger partial charge < -0.3 is 10.1 Å². The molecule has 2 unspecified atom stereocenters. The third-order valence-electron chi connectivity index (χ3n) is 4.54. The van der Waals surface area contributed by atoms with E-state index in [-0.39, 0.29) is 18.1 Å². The number of nitrogens with zero attached hydrogens (tertiary/aromatic N) is 2. The van der Waals surface area contributed by atoms with Crippen LogP contribution in [0.15, 0.2) is 48.8 Å². The Hall–Kier alpha value is -2.24. The predicted molar refractivity (Wildman–Crippen MR) is 103 cm³/mol. The molecular weight excluding hydrogens is 326 g/mol. The maximum atomic E-state index is 12.4. The van der Waals surface area contributed by atoms with E-state index in [1.165, 1.54) is 0 Å². The molecule has 0 radical (unpaired) electrons. The second kappa shape index (κ2) is 8.92. The van der Waals surface area contributed by atoms with Crippen LogP contribution in [0.2, 0.25) is 0 Å². The number of para-hydroxylation sites is 1. The average Bonchev–Trinajstić information content (AvgIpc) is 2.62. The minimum Gasteiger partial charge on any atom is -0.373 e. The normalized spacial score (nSPS) is 20.7. The first-order chi connectivity index (χ1) is 12.6. The molecule has 138 valence electrons. The van der Waals surface area contributed by atoms with Crippen LogP contribution in [-0.2, 0) is 22.5 Å². The minimum atomic E-state index is 0.0324. The SMILES string of the molecule is CC1CN(Cc2ccccc2NC(=O)CCc2cccnc2)CC(C)O1. The quantitative estimate of drug-likeness (QED) is 0.866. The molecule has 5 heteroatoms. The molecule has 2 aromatic rings. The number of carbonyl (C=O) groups excluding carboxylic acids is 1. The maximum absolute atomic E-state index is 12.4. The first-order valence-electron chi connectivity index (χ1n) is 9.24. The minimum absolute atomic E-state index is 0.0324. The van der Waals surface area contributed by atoms with E-state index in [4.69, 9.17) is 4.74 Å². The maximum Gasteiger partial charge on any atom is 0.224 e. The number of nitrogens with one attached hydrogen (secondary N) is 1. The fraction of sp³-hybridized carbons (Fsp3) is 0.429. The smallest absolute Gasteiger partial charge is 0.224 e. The Labute approximate surface area is 155 Å². The van der Waals surface area contributed by atoms with Gasteiger partial charge in [-0.3, -0.25) is 14.7 Å². The van der Waals surface area contributed by atoms with Crippen molar-refractivity contribution in [1.29, 1.82) is 0 Å². The lowest BCUT2D eigenvalue weighted by molar-refractivity contribution is -0.116. The van der Waals surface area contributed by atoms with Gasteiger partial charge in [-0.25, -0.2) is 0 Å². The highest BCUT2D eigenvalue weighted by Crippen LogP contribution is 2.20. The van der Waals surface area contributed by atoms with Gasteiger partial charge in [-0.05, 0) is 43.5 Å². The molecule has 1 aliphatic heterocycles. The van der Waals surface area contributed by atoms with Crippen molar-refractivity contribution in [1.82, 2.24) is 9.88 Å². The van der Waals surface area contributed by atoms with Gasteiger partial charge in [0.25, 0.3) is 0 Å². The number of hydrogen-bond acceptors (Lipinski definition) is 4. The zero-order valence-electron chi connectivity index (χ0n) is 15.5. The van der Waals surface area contributed by atoms with Crippen molar-refractivity contribution >= 4 is 11.6 Å². The molecule has 0 bridgehead atoms. The average molecular weight is 353 g/mol. The van der Waals surface area contributed by atoms with Crippen LogP contribution >= 0.6 is 0 Å². The van der Waals surface area contributed by atoms with Crippen molar-refractivity contribution in [3.8, 4) is 0 Å². The number of rotatable bonds is 6. The van der Waals surface area contributed by atoms with E-state index in [0.29, 0.717) is 12.8 Å². The van der Waals surface area contributed by atoms with Crippen LogP contribution in [-0.4, -0.2) is 41.1 Å². The summed E-state index contributed by atoms with van der Waals surface area (Å²) in [5.41, 5.74) is 3.12. The van der Waals surface area contributed by atoms with Crippen molar-refractivity contribution in [3.05, 3.63) is 59.9 Å². The highest BCUT2D eigenvalue weighted by molar-refractivity contribution is 5.91. The Morgan fingerprint density at radius 1 is 1.19 bits per heavy atom. The molecule has 2 atom stereocenters. The second-order valence-corrected chi connectivity index (χ2v) is 7.02. The van der Waals surface area contributed by atoms with E-state index >= 15 is 0 Å². The Bertz CT molecular complexity index is 710. The van der Waals surface area contributed by atoms with E-state index in [9.17, 15) is 4.79 Å². The molecule has 1 N–H and O–H groups in total. The van der Waals surface area contributed by atoms with Crippen LogP contribution in [0.25, 0.3) is 0 Å². The fourth-order valence-corrected chi connectivity index (χ4v) is 3.45. The molecule has 1 aromatic carbocycles. The summed E-state index contributed by atoms with van der Waals surface area (Å²) in [4.78, 5) is 18.8. The van der Waals surface area contributed by atoms with E-state index in [2.05, 4.69) is 35.1 Å². The zero-order chi connectivity index (χ0) is 18.4. The first-order valence-corrected chi connectivity index (χ1v) is 9.24. The summed E-state index contributed by atoms with van der Waals surface area (Å²) in [7, 11) is 0. The van der Waals surface area contributed by atoms with E-state index in [0.717, 1.165) is 36.4 Å². The van der Waals surface area contributed by atoms with Gasteiger partial charge in [0.15, 0.2) is 0 Å². The van der Waals surface area contributed by atoms with Gasteiger partial charge in [-0.1, -0.05) is 24.3 Å². The summed E-state index contributed by atoms with van der Waals surface area (Å²) in [6, 6.07) is 11.9. The molecule has 0 spiro atoms. The topological polar surface area (TPSA) is 54.5 Å². The van der Waals surface area contributed by atoms with E-state index < -0.39 is 0 Å². The molecular formula is C21H27N3O2. The molecule has 1 saturated heterocycles. The van der Waals surface area contributed by atoms with Gasteiger partial charge in [0.2, 0.25) is 5.91 Å². The van der Waals surface area contributed by atoms with Crippen LogP contribution in [0, 0.1) is 0 Å². The number of benzene rings is 1. The van der Waals surface area contributed by atoms with Crippen LogP contribution in [0.3, 0.4) is 0 Å². The van der Waals surface area contributed by atoms with Gasteiger partial charge in [0, 0.05) is 44.1 Å². The number of aryl methyl sites for hydroxylation is 1. The highest BCUT2D eigenvalue weighted by Gasteiger charge is 2.22. The number of aromatic nitrogens is 1. The summed E-state index contributed by atoms with van der Waals surface area (Å²) in [5, 5.41) is 3.08. The van der Waals surface area contributed by atoms with Crippen molar-refractivity contribution in [2.45, 2.75) is 45.4 Å². The van der Waals surface area contributed by atoms with Gasteiger partial charge in [-0.2, -0.15) is 0 Å². The van der Waals surface area contributed by atoms with Crippen LogP contribution in [0.5, 0.6) is 0 Å². The molecule has 5 nitrogen and oxygen atoms in total. The molecule has 1 fully saturated rings. The van der Waals surface area contributed by atoms with Crippen LogP contribution in [0.1, 0.15) is 31.4 Å². The molecule has 1 aliphatic rings. The lowest BCUT2D eigenvalue weighted by Gasteiger charge is -2.35. The van der Waals surface area contributed by atoms with E-state index in [1.807, 2.05) is 36.5 Å². The Morgan fingerprint density at radius 3 is 2.69 bits per heavy atom. The van der Waals surface area contributed by atoms with Crippen molar-refractivity contribution in [3.63, 3.8) is 0 Å². The lowest BCUT2D eigenvalue weighted by atomic mass is 10.1. The molecule has 0 aliphatic carbocycles. The van der Waals surface area contributed by atoms with Gasteiger partial charge in [-0.15, -0.1) is 0 Å². The Balaban J connectivity index is 1.59. The highest BCUT2D eigenvalue weighted by atomic mass is 16.5. The second-order valence-electron chi connectivity index (χ2n) is 7.02. The van der Waals surface area contributed by atoms with E-state index in [1.54, 1.807) is 6.20 Å². The summed E-state index contributed by atoms with van der Waals surface area (Å²) in [6.07, 6.45) is 5.17. The Morgan fingerprint density at radius 2 is 1.96 bits per heavy atom. The molecule has 0 saturated carbocycles. The first kappa shape index (κ1) is 18.5. The molecule has 26 heavy (non-hydrogen) atoms. The number of pyridine rings is 1. The standard InChI is InChI=1S/C21H27N3O2/c1-16-13-24(14-17(2)26-16)15-19-7-3-4-8-20(19)23-21(25)10-9-18-6-5-11-22-12-18/h3-8,11-12,16-17H,9-10,13-15H2,1-2H3,(H,23,25). The predicted octanol–water partition coefficient (Wildman–Crippen LogP) is 3.26. The van der Waals surface area contributed by atoms with Crippen molar-refractivity contribution < 1.29 is 9.53 Å². The number of morpholine rings is 1. The molecule has 3 rings (SSSR count). The lowest BCUT2D eigenvalue weighted by Crippen LogP contribution is -2.44. The summed E-state index contributed by atoms with van der Waals surface area (Å²) in [6.45, 7) is 6.85. The number of amides is 1. The van der Waals surface area contributed by atoms with Gasteiger partial charge in [0.05, 0.1) is 12.2 Å². The number of hydrogen-bond donors (Lipinski definition) is 1. The monoisotopic (exact) mass is 353 g/mol. The van der Waals surface area contributed by atoms with Crippen molar-refractivity contribution in [2.24, 2.45) is 0 Å². The summed E-state index contributed by atoms with van der Waals surface area (Å²) < 4.78 is 5.81. The molecule has 1 aromatic heterocycles. The molecule has 1 amide bonds. The summed E-state index contributed by atoms with van der Waals surface area (Å²) in [5.74, 6) is 0.0324.